The molecule has 0 amide bonds. The van der Waals surface area contributed by atoms with Gasteiger partial charge in [0.15, 0.2) is 6.10 Å². The SMILES string of the molecule is CCOC(=O)C1=[N+]([O-])O[C@@H](CC[C@@H](C)CC)[C@@H]1O. The molecule has 6 nitrogen and oxygen atoms in total. The average molecular weight is 259 g/mol. The second kappa shape index (κ2) is 6.58. The third-order valence-corrected chi connectivity index (χ3v) is 3.19. The highest BCUT2D eigenvalue weighted by Crippen LogP contribution is 2.20. The molecule has 0 aliphatic carbocycles. The van der Waals surface area contributed by atoms with Crippen LogP contribution in [0.4, 0.5) is 0 Å². The number of esters is 1. The lowest BCUT2D eigenvalue weighted by atomic mass is 9.97. The Labute approximate surface area is 107 Å². The van der Waals surface area contributed by atoms with E-state index in [0.717, 1.165) is 12.8 Å². The van der Waals surface area contributed by atoms with Crippen molar-refractivity contribution < 1.29 is 24.4 Å². The number of ether oxygens (including phenoxy) is 1. The summed E-state index contributed by atoms with van der Waals surface area (Å²) < 4.78 is 4.70. The predicted molar refractivity (Wildman–Crippen MR) is 64.8 cm³/mol. The largest absolute Gasteiger partial charge is 0.458 e. The molecule has 0 aromatic carbocycles. The maximum Gasteiger partial charge on any atom is 0.408 e. The standard InChI is InChI=1S/C12H21NO5/c1-4-8(3)6-7-9-11(14)10(13(16)18-9)12(15)17-5-2/h8-9,11,14H,4-7H2,1-3H3/t8-,9-,11-/m0/s1. The van der Waals surface area contributed by atoms with Crippen molar-refractivity contribution in [1.29, 1.82) is 0 Å². The number of nitrogens with zero attached hydrogens (tertiary/aromatic N) is 1. The minimum absolute atomic E-state index is 0.0872. The molecular weight excluding hydrogens is 238 g/mol. The maximum absolute atomic E-state index is 11.5. The smallest absolute Gasteiger partial charge is 0.408 e. The number of carbonyl (C=O) groups is 1. The topological polar surface area (TPSA) is 81.8 Å². The Kier molecular flexibility index (Phi) is 5.40. The van der Waals surface area contributed by atoms with Crippen molar-refractivity contribution >= 4 is 11.7 Å². The van der Waals surface area contributed by atoms with E-state index in [9.17, 15) is 15.1 Å². The fourth-order valence-electron chi connectivity index (χ4n) is 1.79. The maximum atomic E-state index is 11.5. The van der Waals surface area contributed by atoms with Crippen molar-refractivity contribution in [2.24, 2.45) is 5.92 Å². The fourth-order valence-corrected chi connectivity index (χ4v) is 1.79. The van der Waals surface area contributed by atoms with Crippen LogP contribution in [0.5, 0.6) is 0 Å². The van der Waals surface area contributed by atoms with Crippen LogP contribution >= 0.6 is 0 Å². The van der Waals surface area contributed by atoms with Crippen LogP contribution in [0.25, 0.3) is 0 Å². The van der Waals surface area contributed by atoms with Crippen LogP contribution in [-0.2, 0) is 14.4 Å². The van der Waals surface area contributed by atoms with E-state index in [1.807, 2.05) is 0 Å². The van der Waals surface area contributed by atoms with E-state index in [1.165, 1.54) is 0 Å². The van der Waals surface area contributed by atoms with Crippen LogP contribution < -0.4 is 0 Å². The fraction of sp³-hybridized carbons (Fsp3) is 0.833. The summed E-state index contributed by atoms with van der Waals surface area (Å²) in [5.41, 5.74) is -0.356. The Morgan fingerprint density at radius 3 is 2.83 bits per heavy atom. The number of aliphatic hydroxyl groups excluding tert-OH is 1. The molecular formula is C12H21NO5. The Morgan fingerprint density at radius 2 is 2.28 bits per heavy atom. The summed E-state index contributed by atoms with van der Waals surface area (Å²) in [6, 6.07) is 0. The van der Waals surface area contributed by atoms with Gasteiger partial charge in [0.25, 0.3) is 0 Å². The lowest BCUT2D eigenvalue weighted by molar-refractivity contribution is -0.740. The van der Waals surface area contributed by atoms with Crippen LogP contribution in [0.2, 0.25) is 0 Å². The van der Waals surface area contributed by atoms with E-state index in [0.29, 0.717) is 12.3 Å². The van der Waals surface area contributed by atoms with Gasteiger partial charge in [-0.1, -0.05) is 20.3 Å². The lowest BCUT2D eigenvalue weighted by Crippen LogP contribution is -2.35. The van der Waals surface area contributed by atoms with Crippen LogP contribution in [0.15, 0.2) is 0 Å². The van der Waals surface area contributed by atoms with Gasteiger partial charge in [-0.15, -0.1) is 0 Å². The van der Waals surface area contributed by atoms with Crippen LogP contribution in [0, 0.1) is 11.1 Å². The van der Waals surface area contributed by atoms with Gasteiger partial charge < -0.3 is 14.7 Å². The summed E-state index contributed by atoms with van der Waals surface area (Å²) in [4.78, 5) is 16.5. The first-order valence-electron chi connectivity index (χ1n) is 6.37. The third-order valence-electron chi connectivity index (χ3n) is 3.19. The Bertz CT molecular complexity index is 328. The molecule has 0 spiro atoms. The van der Waals surface area contributed by atoms with Gasteiger partial charge in [0.2, 0.25) is 0 Å². The van der Waals surface area contributed by atoms with Crippen molar-refractivity contribution in [2.75, 3.05) is 6.61 Å². The second-order valence-corrected chi connectivity index (χ2v) is 4.54. The predicted octanol–water partition coefficient (Wildman–Crippen LogP) is 1.00. The van der Waals surface area contributed by atoms with E-state index in [4.69, 9.17) is 9.57 Å². The normalized spacial score (nSPS) is 24.9. The molecule has 1 rings (SSSR count). The van der Waals surface area contributed by atoms with Gasteiger partial charge in [0, 0.05) is 0 Å². The summed E-state index contributed by atoms with van der Waals surface area (Å²) >= 11 is 0. The van der Waals surface area contributed by atoms with E-state index in [2.05, 4.69) is 13.8 Å². The molecule has 1 N–H and O–H groups in total. The van der Waals surface area contributed by atoms with E-state index >= 15 is 0 Å². The van der Waals surface area contributed by atoms with Gasteiger partial charge in [-0.2, -0.15) is 0 Å². The molecule has 1 heterocycles. The summed E-state index contributed by atoms with van der Waals surface area (Å²) in [5, 5.41) is 21.3. The van der Waals surface area contributed by atoms with Crippen molar-refractivity contribution in [3.05, 3.63) is 5.21 Å². The minimum Gasteiger partial charge on any atom is -0.458 e. The summed E-state index contributed by atoms with van der Waals surface area (Å²) in [6.45, 7) is 5.95. The van der Waals surface area contributed by atoms with E-state index in [1.54, 1.807) is 6.92 Å². The molecule has 1 aliphatic heterocycles. The molecule has 0 radical (unpaired) electrons. The van der Waals surface area contributed by atoms with Gasteiger partial charge in [0.1, 0.15) is 6.10 Å². The Hall–Kier alpha value is -1.30. The first-order valence-corrected chi connectivity index (χ1v) is 6.37. The number of hydrogen-bond donors (Lipinski definition) is 1. The molecule has 0 saturated heterocycles. The molecule has 3 atom stereocenters. The highest BCUT2D eigenvalue weighted by atomic mass is 16.9. The van der Waals surface area contributed by atoms with Crippen molar-refractivity contribution in [1.82, 2.24) is 0 Å². The Balaban J connectivity index is 2.58. The van der Waals surface area contributed by atoms with Crippen molar-refractivity contribution in [3.63, 3.8) is 0 Å². The van der Waals surface area contributed by atoms with Crippen molar-refractivity contribution in [3.8, 4) is 0 Å². The van der Waals surface area contributed by atoms with E-state index in [-0.39, 0.29) is 17.2 Å². The molecule has 0 aromatic rings. The quantitative estimate of drug-likeness (QED) is 0.568. The zero-order valence-corrected chi connectivity index (χ0v) is 11.1. The minimum atomic E-state index is -1.20. The first-order chi connectivity index (χ1) is 8.51. The summed E-state index contributed by atoms with van der Waals surface area (Å²) in [5.74, 6) is -0.321. The zero-order chi connectivity index (χ0) is 13.7. The molecule has 0 saturated carbocycles. The van der Waals surface area contributed by atoms with E-state index < -0.39 is 18.2 Å². The van der Waals surface area contributed by atoms with Gasteiger partial charge >= 0.3 is 11.7 Å². The first kappa shape index (κ1) is 14.8. The van der Waals surface area contributed by atoms with Gasteiger partial charge in [-0.25, -0.2) is 4.79 Å². The molecule has 0 aromatic heterocycles. The molecule has 0 bridgehead atoms. The molecule has 0 unspecified atom stereocenters. The van der Waals surface area contributed by atoms with Crippen LogP contribution in [0.3, 0.4) is 0 Å². The van der Waals surface area contributed by atoms with Crippen LogP contribution in [-0.4, -0.2) is 40.5 Å². The molecule has 0 fully saturated rings. The van der Waals surface area contributed by atoms with Gasteiger partial charge in [-0.05, 0) is 25.7 Å². The number of aliphatic hydroxyl groups is 1. The number of hydrogen-bond acceptors (Lipinski definition) is 5. The van der Waals surface area contributed by atoms with Gasteiger partial charge in [0.05, 0.1) is 11.5 Å². The third kappa shape index (κ3) is 3.35. The molecule has 18 heavy (non-hydrogen) atoms. The highest BCUT2D eigenvalue weighted by molar-refractivity contribution is 6.36. The monoisotopic (exact) mass is 259 g/mol. The van der Waals surface area contributed by atoms with Crippen LogP contribution in [0.1, 0.15) is 40.0 Å². The molecule has 104 valence electrons. The number of rotatable bonds is 6. The zero-order valence-electron chi connectivity index (χ0n) is 11.1. The van der Waals surface area contributed by atoms with Crippen molar-refractivity contribution in [2.45, 2.75) is 52.2 Å². The average Bonchev–Trinajstić information content (AvgIpc) is 2.61. The second-order valence-electron chi connectivity index (χ2n) is 4.54. The molecule has 1 aliphatic rings. The Morgan fingerprint density at radius 1 is 1.61 bits per heavy atom. The lowest BCUT2D eigenvalue weighted by Gasteiger charge is -2.16. The molecule has 6 heteroatoms. The summed E-state index contributed by atoms with van der Waals surface area (Å²) in [7, 11) is 0. The van der Waals surface area contributed by atoms with Gasteiger partial charge in [-0.3, -0.25) is 5.21 Å². The summed E-state index contributed by atoms with van der Waals surface area (Å²) in [6.07, 6.45) is 0.541. The highest BCUT2D eigenvalue weighted by Gasteiger charge is 2.44. The number of carbonyl (C=O) groups excluding carboxylic acids is 1.